The van der Waals surface area contributed by atoms with Crippen LogP contribution in [0, 0.1) is 11.8 Å². The van der Waals surface area contributed by atoms with Crippen molar-refractivity contribution in [3.63, 3.8) is 0 Å². The molecule has 1 aromatic carbocycles. The lowest BCUT2D eigenvalue weighted by Crippen LogP contribution is -2.31. The lowest BCUT2D eigenvalue weighted by atomic mass is 10.0. The van der Waals surface area contributed by atoms with Crippen molar-refractivity contribution in [2.75, 3.05) is 6.54 Å². The average molecular weight is 375 g/mol. The molecule has 2 atom stereocenters. The number of carboxylic acid groups (broad SMARTS) is 1. The first-order chi connectivity index (χ1) is 9.97. The fourth-order valence-electron chi connectivity index (χ4n) is 2.64. The van der Waals surface area contributed by atoms with E-state index in [0.29, 0.717) is 37.3 Å². The van der Waals surface area contributed by atoms with Crippen LogP contribution < -0.4 is 5.32 Å². The highest BCUT2D eigenvalue weighted by Crippen LogP contribution is 2.31. The smallest absolute Gasteiger partial charge is 0.306 e. The zero-order chi connectivity index (χ0) is 15.4. The van der Waals surface area contributed by atoms with Gasteiger partial charge in [-0.25, -0.2) is 0 Å². The molecule has 1 saturated carbocycles. The topological polar surface area (TPSA) is 66.4 Å². The maximum Gasteiger partial charge on any atom is 0.306 e. The molecule has 114 valence electrons. The number of amides is 1. The van der Waals surface area contributed by atoms with E-state index in [9.17, 15) is 9.59 Å². The van der Waals surface area contributed by atoms with Crippen molar-refractivity contribution in [2.45, 2.75) is 25.7 Å². The van der Waals surface area contributed by atoms with E-state index in [1.165, 1.54) is 0 Å². The number of nitrogens with one attached hydrogen (secondary N) is 1. The van der Waals surface area contributed by atoms with Gasteiger partial charge in [0.1, 0.15) is 0 Å². The van der Waals surface area contributed by atoms with E-state index in [1.807, 2.05) is 12.1 Å². The quantitative estimate of drug-likeness (QED) is 0.831. The molecular formula is C15H17BrClNO3. The van der Waals surface area contributed by atoms with Crippen molar-refractivity contribution in [2.24, 2.45) is 11.8 Å². The van der Waals surface area contributed by atoms with Gasteiger partial charge in [0.05, 0.1) is 5.92 Å². The van der Waals surface area contributed by atoms with Crippen LogP contribution >= 0.6 is 27.5 Å². The Bertz CT molecular complexity index is 550. The molecule has 0 radical (unpaired) electrons. The largest absolute Gasteiger partial charge is 0.481 e. The Kier molecular flexibility index (Phi) is 5.65. The first kappa shape index (κ1) is 16.3. The fraction of sp³-hybridized carbons (Fsp3) is 0.467. The maximum absolute atomic E-state index is 12.0. The predicted molar refractivity (Wildman–Crippen MR) is 84.3 cm³/mol. The summed E-state index contributed by atoms with van der Waals surface area (Å²) in [5.74, 6) is -1.39. The highest BCUT2D eigenvalue weighted by molar-refractivity contribution is 9.10. The second kappa shape index (κ2) is 7.27. The normalized spacial score (nSPS) is 21.2. The number of rotatable bonds is 5. The average Bonchev–Trinajstić information content (AvgIpc) is 2.92. The van der Waals surface area contributed by atoms with Gasteiger partial charge in [-0.15, -0.1) is 0 Å². The molecule has 0 aromatic heterocycles. The van der Waals surface area contributed by atoms with E-state index < -0.39 is 5.97 Å². The van der Waals surface area contributed by atoms with Crippen LogP contribution in [-0.2, 0) is 16.0 Å². The number of hydrogen-bond donors (Lipinski definition) is 2. The van der Waals surface area contributed by atoms with Gasteiger partial charge in [-0.1, -0.05) is 27.5 Å². The van der Waals surface area contributed by atoms with E-state index in [4.69, 9.17) is 16.7 Å². The Balaban J connectivity index is 1.80. The Hall–Kier alpha value is -1.07. The van der Waals surface area contributed by atoms with E-state index in [1.54, 1.807) is 6.07 Å². The summed E-state index contributed by atoms with van der Waals surface area (Å²) in [4.78, 5) is 22.9. The number of carbonyl (C=O) groups is 2. The van der Waals surface area contributed by atoms with Crippen molar-refractivity contribution in [3.8, 4) is 0 Å². The molecule has 2 N–H and O–H groups in total. The first-order valence-electron chi connectivity index (χ1n) is 6.92. The standard InChI is InChI=1S/C15H17BrClNO3/c16-13-4-3-12(17)8-9(13)5-6-18-14(19)10-1-2-11(7-10)15(20)21/h3-4,8,10-11H,1-2,5-7H2,(H,18,19)(H,20,21)/t10-,11+/m0/s1. The lowest BCUT2D eigenvalue weighted by molar-refractivity contribution is -0.141. The predicted octanol–water partition coefficient (Wildman–Crippen LogP) is 3.26. The van der Waals surface area contributed by atoms with Gasteiger partial charge in [0.2, 0.25) is 5.91 Å². The van der Waals surface area contributed by atoms with Crippen molar-refractivity contribution in [3.05, 3.63) is 33.3 Å². The van der Waals surface area contributed by atoms with Crippen LogP contribution in [0.4, 0.5) is 0 Å². The molecule has 1 aliphatic carbocycles. The van der Waals surface area contributed by atoms with Gasteiger partial charge < -0.3 is 10.4 Å². The minimum Gasteiger partial charge on any atom is -0.481 e. The van der Waals surface area contributed by atoms with Crippen molar-refractivity contribution >= 4 is 39.4 Å². The van der Waals surface area contributed by atoms with Crippen LogP contribution in [0.3, 0.4) is 0 Å². The molecule has 0 heterocycles. The van der Waals surface area contributed by atoms with Gasteiger partial charge in [-0.05, 0) is 49.4 Å². The minimum absolute atomic E-state index is 0.0445. The third-order valence-corrected chi connectivity index (χ3v) is 4.86. The Morgan fingerprint density at radius 2 is 2.05 bits per heavy atom. The molecule has 1 aliphatic rings. The van der Waals surface area contributed by atoms with Crippen molar-refractivity contribution < 1.29 is 14.7 Å². The molecule has 0 unspecified atom stereocenters. The summed E-state index contributed by atoms with van der Waals surface area (Å²) in [6.07, 6.45) is 2.38. The highest BCUT2D eigenvalue weighted by Gasteiger charge is 2.33. The van der Waals surface area contributed by atoms with Crippen LogP contribution in [0.15, 0.2) is 22.7 Å². The molecule has 1 aromatic rings. The zero-order valence-electron chi connectivity index (χ0n) is 11.4. The molecule has 0 spiro atoms. The van der Waals surface area contributed by atoms with Crippen LogP contribution in [0.1, 0.15) is 24.8 Å². The Morgan fingerprint density at radius 1 is 1.33 bits per heavy atom. The zero-order valence-corrected chi connectivity index (χ0v) is 13.8. The first-order valence-corrected chi connectivity index (χ1v) is 8.09. The van der Waals surface area contributed by atoms with Gasteiger partial charge in [0, 0.05) is 22.0 Å². The Morgan fingerprint density at radius 3 is 2.71 bits per heavy atom. The summed E-state index contributed by atoms with van der Waals surface area (Å²) in [6.45, 7) is 0.520. The summed E-state index contributed by atoms with van der Waals surface area (Å²) < 4.78 is 0.966. The maximum atomic E-state index is 12.0. The fourth-order valence-corrected chi connectivity index (χ4v) is 3.28. The number of halogens is 2. The van der Waals surface area contributed by atoms with E-state index >= 15 is 0 Å². The monoisotopic (exact) mass is 373 g/mol. The Labute approximate surface area is 137 Å². The molecule has 2 rings (SSSR count). The van der Waals surface area contributed by atoms with Gasteiger partial charge in [0.25, 0.3) is 0 Å². The molecule has 0 aliphatic heterocycles. The van der Waals surface area contributed by atoms with Crippen LogP contribution in [0.2, 0.25) is 5.02 Å². The van der Waals surface area contributed by atoms with Crippen molar-refractivity contribution in [1.82, 2.24) is 5.32 Å². The number of hydrogen-bond acceptors (Lipinski definition) is 2. The molecule has 21 heavy (non-hydrogen) atoms. The molecule has 1 fully saturated rings. The molecule has 1 amide bonds. The van der Waals surface area contributed by atoms with Crippen LogP contribution in [0.5, 0.6) is 0 Å². The van der Waals surface area contributed by atoms with Gasteiger partial charge in [-0.3, -0.25) is 9.59 Å². The summed E-state index contributed by atoms with van der Waals surface area (Å²) in [5, 5.41) is 12.5. The molecular weight excluding hydrogens is 358 g/mol. The summed E-state index contributed by atoms with van der Waals surface area (Å²) in [7, 11) is 0. The van der Waals surface area contributed by atoms with Gasteiger partial charge >= 0.3 is 5.97 Å². The van der Waals surface area contributed by atoms with E-state index in [0.717, 1.165) is 10.0 Å². The minimum atomic E-state index is -0.798. The van der Waals surface area contributed by atoms with Crippen LogP contribution in [-0.4, -0.2) is 23.5 Å². The summed E-state index contributed by atoms with van der Waals surface area (Å²) >= 11 is 9.39. The number of aliphatic carboxylic acids is 1. The van der Waals surface area contributed by atoms with Crippen LogP contribution in [0.25, 0.3) is 0 Å². The SMILES string of the molecule is O=C(O)[C@@H]1CC[C@H](C(=O)NCCc2cc(Cl)ccc2Br)C1. The van der Waals surface area contributed by atoms with E-state index in [2.05, 4.69) is 21.2 Å². The van der Waals surface area contributed by atoms with Gasteiger partial charge in [0.15, 0.2) is 0 Å². The summed E-state index contributed by atoms with van der Waals surface area (Å²) in [6, 6.07) is 5.56. The highest BCUT2D eigenvalue weighted by atomic mass is 79.9. The van der Waals surface area contributed by atoms with E-state index in [-0.39, 0.29) is 17.7 Å². The van der Waals surface area contributed by atoms with Crippen molar-refractivity contribution in [1.29, 1.82) is 0 Å². The van der Waals surface area contributed by atoms with Gasteiger partial charge in [-0.2, -0.15) is 0 Å². The lowest BCUT2D eigenvalue weighted by Gasteiger charge is -2.11. The number of benzene rings is 1. The number of carboxylic acids is 1. The molecule has 4 nitrogen and oxygen atoms in total. The third-order valence-electron chi connectivity index (χ3n) is 3.85. The molecule has 6 heteroatoms. The summed E-state index contributed by atoms with van der Waals surface area (Å²) in [5.41, 5.74) is 1.04. The molecule has 0 saturated heterocycles. The number of carbonyl (C=O) groups excluding carboxylic acids is 1. The third kappa shape index (κ3) is 4.45. The second-order valence-corrected chi connectivity index (χ2v) is 6.61. The molecule has 0 bridgehead atoms. The second-order valence-electron chi connectivity index (χ2n) is 5.32.